The Balaban J connectivity index is 2.92. The predicted molar refractivity (Wildman–Crippen MR) is 60.6 cm³/mol. The Bertz CT molecular complexity index is 575. The van der Waals surface area contributed by atoms with Gasteiger partial charge in [0.25, 0.3) is 5.56 Å². The van der Waals surface area contributed by atoms with Crippen molar-refractivity contribution in [3.63, 3.8) is 0 Å². The van der Waals surface area contributed by atoms with E-state index < -0.39 is 0 Å². The molecule has 0 aliphatic carbocycles. The summed E-state index contributed by atoms with van der Waals surface area (Å²) in [6, 6.07) is 3.48. The van der Waals surface area contributed by atoms with Gasteiger partial charge in [0.2, 0.25) is 0 Å². The van der Waals surface area contributed by atoms with Crippen molar-refractivity contribution in [2.24, 2.45) is 0 Å². The summed E-state index contributed by atoms with van der Waals surface area (Å²) in [6.07, 6.45) is 2.29. The summed E-state index contributed by atoms with van der Waals surface area (Å²) in [5, 5.41) is 0.539. The molecule has 0 radical (unpaired) electrons. The summed E-state index contributed by atoms with van der Waals surface area (Å²) in [6.45, 7) is 3.80. The lowest BCUT2D eigenvalue weighted by atomic mass is 10.2. The minimum absolute atomic E-state index is 0.0255. The highest BCUT2D eigenvalue weighted by molar-refractivity contribution is 6.30. The molecule has 0 saturated heterocycles. The van der Waals surface area contributed by atoms with E-state index in [1.54, 1.807) is 18.3 Å². The highest BCUT2D eigenvalue weighted by atomic mass is 35.5. The molecular weight excluding hydrogens is 212 g/mol. The second kappa shape index (κ2) is 3.66. The van der Waals surface area contributed by atoms with Crippen LogP contribution in [0.4, 0.5) is 0 Å². The van der Waals surface area contributed by atoms with Gasteiger partial charge in [0.1, 0.15) is 5.65 Å². The van der Waals surface area contributed by atoms with Crippen molar-refractivity contribution in [1.82, 2.24) is 9.38 Å². The fourth-order valence-corrected chi connectivity index (χ4v) is 1.83. The van der Waals surface area contributed by atoms with Crippen LogP contribution < -0.4 is 5.56 Å². The number of pyridine rings is 1. The quantitative estimate of drug-likeness (QED) is 0.742. The number of fused-ring (bicyclic) bond motifs is 1. The van der Waals surface area contributed by atoms with Gasteiger partial charge in [0.15, 0.2) is 0 Å². The van der Waals surface area contributed by atoms with Crippen LogP contribution in [0.1, 0.15) is 18.2 Å². The second-order valence-corrected chi connectivity index (χ2v) is 3.85. The molecule has 15 heavy (non-hydrogen) atoms. The lowest BCUT2D eigenvalue weighted by Crippen LogP contribution is -2.20. The van der Waals surface area contributed by atoms with Crippen LogP contribution in [0.2, 0.25) is 5.02 Å². The first kappa shape index (κ1) is 10.2. The van der Waals surface area contributed by atoms with Crippen LogP contribution in [-0.4, -0.2) is 9.38 Å². The van der Waals surface area contributed by atoms with E-state index in [2.05, 4.69) is 4.98 Å². The number of aryl methyl sites for hydroxylation is 1. The minimum atomic E-state index is -0.0255. The minimum Gasteiger partial charge on any atom is -0.269 e. The van der Waals surface area contributed by atoms with Crippen molar-refractivity contribution >= 4 is 17.2 Å². The molecule has 0 aromatic carbocycles. The monoisotopic (exact) mass is 222 g/mol. The van der Waals surface area contributed by atoms with Crippen LogP contribution >= 0.6 is 11.6 Å². The van der Waals surface area contributed by atoms with Gasteiger partial charge >= 0.3 is 0 Å². The standard InChI is InChI=1S/C11H11ClN2O/c1-3-9-7(2)13-10-5-4-8(12)6-14(10)11(9)15/h4-6H,3H2,1-2H3. The number of rotatable bonds is 1. The van der Waals surface area contributed by atoms with Gasteiger partial charge in [-0.1, -0.05) is 18.5 Å². The van der Waals surface area contributed by atoms with Crippen LogP contribution in [0.3, 0.4) is 0 Å². The van der Waals surface area contributed by atoms with E-state index in [0.29, 0.717) is 17.1 Å². The Morgan fingerprint density at radius 1 is 1.47 bits per heavy atom. The highest BCUT2D eigenvalue weighted by Crippen LogP contribution is 2.10. The number of nitrogens with zero attached hydrogens (tertiary/aromatic N) is 2. The lowest BCUT2D eigenvalue weighted by molar-refractivity contribution is 0.936. The zero-order valence-electron chi connectivity index (χ0n) is 8.62. The van der Waals surface area contributed by atoms with Gasteiger partial charge in [0, 0.05) is 17.5 Å². The van der Waals surface area contributed by atoms with Gasteiger partial charge in [-0.15, -0.1) is 0 Å². The molecule has 0 N–H and O–H groups in total. The molecule has 0 aliphatic rings. The highest BCUT2D eigenvalue weighted by Gasteiger charge is 2.07. The Hall–Kier alpha value is -1.35. The van der Waals surface area contributed by atoms with Gasteiger partial charge in [-0.3, -0.25) is 9.20 Å². The van der Waals surface area contributed by atoms with E-state index in [9.17, 15) is 4.79 Å². The number of hydrogen-bond donors (Lipinski definition) is 0. The fraction of sp³-hybridized carbons (Fsp3) is 0.273. The molecule has 2 aromatic rings. The summed E-state index contributed by atoms with van der Waals surface area (Å²) in [7, 11) is 0. The van der Waals surface area contributed by atoms with Crippen LogP contribution in [0.15, 0.2) is 23.1 Å². The largest absolute Gasteiger partial charge is 0.269 e. The smallest absolute Gasteiger partial charge is 0.261 e. The van der Waals surface area contributed by atoms with E-state index in [0.717, 1.165) is 11.3 Å². The molecule has 78 valence electrons. The van der Waals surface area contributed by atoms with Crippen LogP contribution in [0.25, 0.3) is 5.65 Å². The van der Waals surface area contributed by atoms with E-state index in [1.807, 2.05) is 13.8 Å². The zero-order valence-corrected chi connectivity index (χ0v) is 9.38. The first-order valence-electron chi connectivity index (χ1n) is 4.81. The molecule has 0 fully saturated rings. The second-order valence-electron chi connectivity index (χ2n) is 3.41. The average molecular weight is 223 g/mol. The van der Waals surface area contributed by atoms with Crippen molar-refractivity contribution in [3.05, 3.63) is 45.0 Å². The Kier molecular flexibility index (Phi) is 2.49. The Morgan fingerprint density at radius 3 is 2.87 bits per heavy atom. The zero-order chi connectivity index (χ0) is 11.0. The molecule has 0 aliphatic heterocycles. The number of aromatic nitrogens is 2. The Labute approximate surface area is 92.3 Å². The third-order valence-electron chi connectivity index (χ3n) is 2.44. The van der Waals surface area contributed by atoms with Crippen LogP contribution in [-0.2, 0) is 6.42 Å². The van der Waals surface area contributed by atoms with Gasteiger partial charge in [0.05, 0.1) is 5.02 Å². The molecule has 3 nitrogen and oxygen atoms in total. The van der Waals surface area contributed by atoms with Crippen LogP contribution in [0, 0.1) is 6.92 Å². The molecule has 4 heteroatoms. The number of hydrogen-bond acceptors (Lipinski definition) is 2. The molecular formula is C11H11ClN2O. The molecule has 2 heterocycles. The maximum Gasteiger partial charge on any atom is 0.261 e. The third-order valence-corrected chi connectivity index (χ3v) is 2.66. The molecule has 0 amide bonds. The molecule has 2 rings (SSSR count). The third kappa shape index (κ3) is 1.63. The van der Waals surface area contributed by atoms with Gasteiger partial charge in [-0.2, -0.15) is 0 Å². The summed E-state index contributed by atoms with van der Waals surface area (Å²) in [4.78, 5) is 16.3. The first-order chi connectivity index (χ1) is 7.13. The van der Waals surface area contributed by atoms with Crippen molar-refractivity contribution in [2.75, 3.05) is 0 Å². The summed E-state index contributed by atoms with van der Waals surface area (Å²) >= 11 is 5.84. The van der Waals surface area contributed by atoms with E-state index in [1.165, 1.54) is 4.40 Å². The topological polar surface area (TPSA) is 34.4 Å². The molecule has 0 saturated carbocycles. The first-order valence-corrected chi connectivity index (χ1v) is 5.18. The SMILES string of the molecule is CCc1c(C)nc2ccc(Cl)cn2c1=O. The maximum atomic E-state index is 12.0. The van der Waals surface area contributed by atoms with Gasteiger partial charge < -0.3 is 0 Å². The van der Waals surface area contributed by atoms with Crippen LogP contribution in [0.5, 0.6) is 0 Å². The molecule has 0 atom stereocenters. The Morgan fingerprint density at radius 2 is 2.20 bits per heavy atom. The maximum absolute atomic E-state index is 12.0. The van der Waals surface area contributed by atoms with Crippen molar-refractivity contribution < 1.29 is 0 Å². The van der Waals surface area contributed by atoms with Crippen molar-refractivity contribution in [2.45, 2.75) is 20.3 Å². The fourth-order valence-electron chi connectivity index (χ4n) is 1.67. The summed E-state index contributed by atoms with van der Waals surface area (Å²) in [5.74, 6) is 0. The molecule has 2 aromatic heterocycles. The van der Waals surface area contributed by atoms with E-state index >= 15 is 0 Å². The van der Waals surface area contributed by atoms with Crippen molar-refractivity contribution in [3.8, 4) is 0 Å². The molecule has 0 spiro atoms. The van der Waals surface area contributed by atoms with Gasteiger partial charge in [-0.25, -0.2) is 4.98 Å². The van der Waals surface area contributed by atoms with E-state index in [-0.39, 0.29) is 5.56 Å². The average Bonchev–Trinajstić information content (AvgIpc) is 2.20. The molecule has 0 bridgehead atoms. The van der Waals surface area contributed by atoms with E-state index in [4.69, 9.17) is 11.6 Å². The van der Waals surface area contributed by atoms with Gasteiger partial charge in [-0.05, 0) is 25.5 Å². The summed E-state index contributed by atoms with van der Waals surface area (Å²) < 4.78 is 1.49. The van der Waals surface area contributed by atoms with Crippen molar-refractivity contribution in [1.29, 1.82) is 0 Å². The predicted octanol–water partition coefficient (Wildman–Crippen LogP) is 2.22. The lowest BCUT2D eigenvalue weighted by Gasteiger charge is -2.05. The normalized spacial score (nSPS) is 10.9. The summed E-state index contributed by atoms with van der Waals surface area (Å²) in [5.41, 5.74) is 2.15. The number of halogens is 1. The molecule has 0 unspecified atom stereocenters.